The van der Waals surface area contributed by atoms with Crippen molar-refractivity contribution in [3.63, 3.8) is 0 Å². The molecule has 0 unspecified atom stereocenters. The minimum absolute atomic E-state index is 0.0207. The summed E-state index contributed by atoms with van der Waals surface area (Å²) in [6, 6.07) is 15.6. The van der Waals surface area contributed by atoms with E-state index in [2.05, 4.69) is 20.9 Å². The zero-order chi connectivity index (χ0) is 14.8. The first-order valence-electron chi connectivity index (χ1n) is 6.72. The summed E-state index contributed by atoms with van der Waals surface area (Å²) in [5.41, 5.74) is 7.82. The molecule has 0 aliphatic rings. The number of nitrogens with zero attached hydrogens (tertiary/aromatic N) is 1. The lowest BCUT2D eigenvalue weighted by Crippen LogP contribution is -2.05. The first-order valence-corrected chi connectivity index (χ1v) is 7.51. The van der Waals surface area contributed by atoms with Crippen LogP contribution < -0.4 is 10.5 Å². The smallest absolute Gasteiger partial charge is 0.153 e. The van der Waals surface area contributed by atoms with Gasteiger partial charge in [-0.3, -0.25) is 4.98 Å². The van der Waals surface area contributed by atoms with Crippen LogP contribution in [-0.2, 0) is 0 Å². The molecule has 0 bridgehead atoms. The van der Waals surface area contributed by atoms with Crippen LogP contribution in [0.4, 0.5) is 0 Å². The summed E-state index contributed by atoms with van der Waals surface area (Å²) in [7, 11) is 0. The standard InChI is InChI=1S/C17H15BrN2O/c1-11(19)14-8-7-13(10-15(14)18)21-16-6-2-4-12-5-3-9-20-17(12)16/h2-11H,19H2,1H3/t11-/m0/s1. The van der Waals surface area contributed by atoms with Crippen LogP contribution in [0.15, 0.2) is 59.2 Å². The van der Waals surface area contributed by atoms with Gasteiger partial charge in [-0.1, -0.05) is 40.2 Å². The molecule has 0 amide bonds. The molecule has 1 heterocycles. The fourth-order valence-electron chi connectivity index (χ4n) is 2.23. The van der Waals surface area contributed by atoms with Crippen LogP contribution in [-0.4, -0.2) is 4.98 Å². The molecular weight excluding hydrogens is 328 g/mol. The third-order valence-corrected chi connectivity index (χ3v) is 3.97. The first kappa shape index (κ1) is 14.0. The van der Waals surface area contributed by atoms with E-state index in [0.29, 0.717) is 0 Å². The summed E-state index contributed by atoms with van der Waals surface area (Å²) < 4.78 is 6.92. The predicted octanol–water partition coefficient (Wildman–Crippen LogP) is 4.81. The summed E-state index contributed by atoms with van der Waals surface area (Å²) in [5, 5.41) is 1.06. The molecule has 3 aromatic rings. The van der Waals surface area contributed by atoms with Crippen LogP contribution in [0.25, 0.3) is 10.9 Å². The molecule has 1 aromatic heterocycles. The number of aromatic nitrogens is 1. The Morgan fingerprint density at radius 2 is 1.95 bits per heavy atom. The van der Waals surface area contributed by atoms with Gasteiger partial charge in [-0.25, -0.2) is 0 Å². The van der Waals surface area contributed by atoms with Gasteiger partial charge in [-0.15, -0.1) is 0 Å². The van der Waals surface area contributed by atoms with E-state index in [1.165, 1.54) is 0 Å². The average Bonchev–Trinajstić information content (AvgIpc) is 2.47. The van der Waals surface area contributed by atoms with Gasteiger partial charge in [0.05, 0.1) is 0 Å². The number of ether oxygens (including phenoxy) is 1. The van der Waals surface area contributed by atoms with E-state index < -0.39 is 0 Å². The van der Waals surface area contributed by atoms with E-state index in [9.17, 15) is 0 Å². The van der Waals surface area contributed by atoms with Crippen molar-refractivity contribution in [1.29, 1.82) is 0 Å². The summed E-state index contributed by atoms with van der Waals surface area (Å²) in [6.45, 7) is 1.95. The minimum Gasteiger partial charge on any atom is -0.455 e. The molecular formula is C17H15BrN2O. The van der Waals surface area contributed by atoms with Gasteiger partial charge in [0.15, 0.2) is 5.75 Å². The Morgan fingerprint density at radius 1 is 1.14 bits per heavy atom. The van der Waals surface area contributed by atoms with Gasteiger partial charge in [0.2, 0.25) is 0 Å². The van der Waals surface area contributed by atoms with E-state index >= 15 is 0 Å². The second-order valence-electron chi connectivity index (χ2n) is 4.91. The van der Waals surface area contributed by atoms with E-state index in [-0.39, 0.29) is 6.04 Å². The monoisotopic (exact) mass is 342 g/mol. The van der Waals surface area contributed by atoms with Gasteiger partial charge in [0, 0.05) is 22.1 Å². The zero-order valence-corrected chi connectivity index (χ0v) is 13.2. The number of nitrogens with two attached hydrogens (primary N) is 1. The zero-order valence-electron chi connectivity index (χ0n) is 11.6. The Bertz CT molecular complexity index is 781. The van der Waals surface area contributed by atoms with Crippen LogP contribution in [0.5, 0.6) is 11.5 Å². The van der Waals surface area contributed by atoms with Crippen molar-refractivity contribution >= 4 is 26.8 Å². The molecule has 106 valence electrons. The van der Waals surface area contributed by atoms with Crippen LogP contribution in [0.1, 0.15) is 18.5 Å². The molecule has 0 spiro atoms. The van der Waals surface area contributed by atoms with Gasteiger partial charge >= 0.3 is 0 Å². The summed E-state index contributed by atoms with van der Waals surface area (Å²) >= 11 is 3.54. The molecule has 2 N–H and O–H groups in total. The number of rotatable bonds is 3. The average molecular weight is 343 g/mol. The summed E-state index contributed by atoms with van der Waals surface area (Å²) in [6.07, 6.45) is 1.77. The van der Waals surface area contributed by atoms with E-state index in [4.69, 9.17) is 10.5 Å². The van der Waals surface area contributed by atoms with Crippen molar-refractivity contribution in [3.05, 3.63) is 64.8 Å². The van der Waals surface area contributed by atoms with Crippen molar-refractivity contribution in [1.82, 2.24) is 4.98 Å². The molecule has 2 aromatic carbocycles. The molecule has 4 heteroatoms. The Hall–Kier alpha value is -1.91. The lowest BCUT2D eigenvalue weighted by atomic mass is 10.1. The highest BCUT2D eigenvalue weighted by Crippen LogP contribution is 2.32. The van der Waals surface area contributed by atoms with Crippen molar-refractivity contribution in [3.8, 4) is 11.5 Å². The van der Waals surface area contributed by atoms with Crippen molar-refractivity contribution in [2.24, 2.45) is 5.73 Å². The maximum absolute atomic E-state index is 5.97. The number of fused-ring (bicyclic) bond motifs is 1. The van der Waals surface area contributed by atoms with Crippen molar-refractivity contribution in [2.45, 2.75) is 13.0 Å². The van der Waals surface area contributed by atoms with Crippen LogP contribution in [0.2, 0.25) is 0 Å². The molecule has 0 fully saturated rings. The van der Waals surface area contributed by atoms with Crippen molar-refractivity contribution < 1.29 is 4.74 Å². The maximum atomic E-state index is 5.97. The number of benzene rings is 2. The molecule has 0 aliphatic heterocycles. The largest absolute Gasteiger partial charge is 0.455 e. The van der Waals surface area contributed by atoms with Gasteiger partial charge in [-0.2, -0.15) is 0 Å². The highest BCUT2D eigenvalue weighted by atomic mass is 79.9. The molecule has 0 saturated heterocycles. The van der Waals surface area contributed by atoms with Crippen molar-refractivity contribution in [2.75, 3.05) is 0 Å². The van der Waals surface area contributed by atoms with Gasteiger partial charge in [0.25, 0.3) is 0 Å². The molecule has 0 aliphatic carbocycles. The normalized spacial score (nSPS) is 12.3. The molecule has 0 radical (unpaired) electrons. The van der Waals surface area contributed by atoms with Crippen LogP contribution in [0, 0.1) is 0 Å². The molecule has 3 rings (SSSR count). The first-order chi connectivity index (χ1) is 10.1. The Balaban J connectivity index is 1.97. The molecule has 1 atom stereocenters. The number of hydrogen-bond donors (Lipinski definition) is 1. The fraction of sp³-hybridized carbons (Fsp3) is 0.118. The van der Waals surface area contributed by atoms with E-state index in [1.807, 2.05) is 55.5 Å². The quantitative estimate of drug-likeness (QED) is 0.742. The van der Waals surface area contributed by atoms with Gasteiger partial charge in [0.1, 0.15) is 11.3 Å². The van der Waals surface area contributed by atoms with Crippen LogP contribution in [0.3, 0.4) is 0 Å². The Labute approximate surface area is 131 Å². The molecule has 3 nitrogen and oxygen atoms in total. The lowest BCUT2D eigenvalue weighted by Gasteiger charge is -2.12. The third kappa shape index (κ3) is 2.91. The molecule has 21 heavy (non-hydrogen) atoms. The Morgan fingerprint density at radius 3 is 2.71 bits per heavy atom. The number of pyridine rings is 1. The topological polar surface area (TPSA) is 48.1 Å². The number of para-hydroxylation sites is 1. The maximum Gasteiger partial charge on any atom is 0.153 e. The second-order valence-corrected chi connectivity index (χ2v) is 5.76. The summed E-state index contributed by atoms with van der Waals surface area (Å²) in [5.74, 6) is 1.50. The highest BCUT2D eigenvalue weighted by molar-refractivity contribution is 9.10. The van der Waals surface area contributed by atoms with E-state index in [0.717, 1.165) is 32.4 Å². The van der Waals surface area contributed by atoms with Gasteiger partial charge in [-0.05, 0) is 36.8 Å². The molecule has 0 saturated carbocycles. The summed E-state index contributed by atoms with van der Waals surface area (Å²) in [4.78, 5) is 4.39. The third-order valence-electron chi connectivity index (χ3n) is 3.29. The highest BCUT2D eigenvalue weighted by Gasteiger charge is 2.08. The lowest BCUT2D eigenvalue weighted by molar-refractivity contribution is 0.486. The Kier molecular flexibility index (Phi) is 3.90. The number of hydrogen-bond acceptors (Lipinski definition) is 3. The SMILES string of the molecule is C[C@H](N)c1ccc(Oc2cccc3cccnc23)cc1Br. The number of halogens is 1. The van der Waals surface area contributed by atoms with E-state index in [1.54, 1.807) is 6.20 Å². The van der Waals surface area contributed by atoms with Crippen LogP contribution >= 0.6 is 15.9 Å². The minimum atomic E-state index is -0.0207. The second kappa shape index (κ2) is 5.84. The predicted molar refractivity (Wildman–Crippen MR) is 88.6 cm³/mol. The fourth-order valence-corrected chi connectivity index (χ4v) is 2.95. The van der Waals surface area contributed by atoms with Gasteiger partial charge < -0.3 is 10.5 Å².